The van der Waals surface area contributed by atoms with Crippen LogP contribution in [0.15, 0.2) is 18.2 Å². The van der Waals surface area contributed by atoms with Crippen LogP contribution in [0.25, 0.3) is 0 Å². The number of para-hydroxylation sites is 1. The fourth-order valence-electron chi connectivity index (χ4n) is 1.08. The molecule has 1 aromatic rings. The topological polar surface area (TPSA) is 122 Å². The molecule has 0 radical (unpaired) electrons. The molecule has 0 aliphatic carbocycles. The van der Waals surface area contributed by atoms with Crippen molar-refractivity contribution < 1.29 is 24.5 Å². The molecule has 0 aromatic heterocycles. The Morgan fingerprint density at radius 2 is 1.89 bits per heavy atom. The second-order valence-electron chi connectivity index (χ2n) is 3.74. The van der Waals surface area contributed by atoms with E-state index in [4.69, 9.17) is 15.6 Å². The van der Waals surface area contributed by atoms with Crippen LogP contribution in [0.5, 0.6) is 11.5 Å². The monoisotopic (exact) mass is 270 g/mol. The Labute approximate surface area is 111 Å². The van der Waals surface area contributed by atoms with Crippen LogP contribution in [-0.2, 0) is 0 Å². The molecule has 0 atom stereocenters. The maximum absolute atomic E-state index is 11.0. The average Bonchev–Trinajstić information content (AvgIpc) is 2.31. The van der Waals surface area contributed by atoms with Crippen LogP contribution in [0, 0.1) is 0 Å². The van der Waals surface area contributed by atoms with Crippen molar-refractivity contribution in [3.05, 3.63) is 23.8 Å². The normalized spacial score (nSPS) is 9.26. The third kappa shape index (κ3) is 6.16. The highest BCUT2D eigenvalue weighted by atomic mass is 16.5. The first-order valence-corrected chi connectivity index (χ1v) is 5.48. The van der Waals surface area contributed by atoms with Crippen LogP contribution >= 0.6 is 0 Å². The maximum Gasteiger partial charge on any atom is 0.404 e. The number of carbonyl (C=O) groups is 2. The summed E-state index contributed by atoms with van der Waals surface area (Å²) in [6.45, 7) is 3.61. The van der Waals surface area contributed by atoms with E-state index < -0.39 is 12.0 Å². The highest BCUT2D eigenvalue weighted by molar-refractivity contribution is 5.96. The zero-order chi connectivity index (χ0) is 15.0. The van der Waals surface area contributed by atoms with Crippen LogP contribution in [0.4, 0.5) is 4.79 Å². The molecule has 0 unspecified atom stereocenters. The van der Waals surface area contributed by atoms with E-state index in [9.17, 15) is 14.7 Å². The number of benzene rings is 1. The molecular formula is C12H18N2O5. The van der Waals surface area contributed by atoms with Crippen molar-refractivity contribution in [3.8, 4) is 11.5 Å². The van der Waals surface area contributed by atoms with Crippen LogP contribution in [0.3, 0.4) is 0 Å². The molecule has 1 rings (SSSR count). The summed E-state index contributed by atoms with van der Waals surface area (Å²) in [5, 5.41) is 19.0. The molecule has 5 N–H and O–H groups in total. The van der Waals surface area contributed by atoms with E-state index in [0.717, 1.165) is 0 Å². The second kappa shape index (κ2) is 7.80. The van der Waals surface area contributed by atoms with Crippen LogP contribution in [-0.4, -0.2) is 35.4 Å². The molecule has 19 heavy (non-hydrogen) atoms. The molecule has 1 aromatic carbocycles. The van der Waals surface area contributed by atoms with Gasteiger partial charge in [0.15, 0.2) is 11.5 Å². The average molecular weight is 270 g/mol. The standard InChI is InChI=1S/C10H13NO3.C2H5NO2/c1-6(2)14-9-7(10(11)13)4-3-5-8(9)12;1-3-2(4)5/h3-6,12H,1-2H3,(H2,11,13);3H,1H3,(H,4,5). The first kappa shape index (κ1) is 16.6. The van der Waals surface area contributed by atoms with Crippen molar-refractivity contribution >= 4 is 12.0 Å². The van der Waals surface area contributed by atoms with Gasteiger partial charge in [-0.1, -0.05) is 6.07 Å². The molecule has 0 spiro atoms. The number of aromatic hydroxyl groups is 1. The highest BCUT2D eigenvalue weighted by Gasteiger charge is 2.14. The van der Waals surface area contributed by atoms with Crippen molar-refractivity contribution in [1.82, 2.24) is 5.32 Å². The molecule has 2 amide bonds. The molecule has 7 nitrogen and oxygen atoms in total. The van der Waals surface area contributed by atoms with E-state index in [1.54, 1.807) is 19.9 Å². The van der Waals surface area contributed by atoms with E-state index in [-0.39, 0.29) is 23.2 Å². The van der Waals surface area contributed by atoms with E-state index >= 15 is 0 Å². The summed E-state index contributed by atoms with van der Waals surface area (Å²) < 4.78 is 5.29. The SMILES string of the molecule is CC(C)Oc1c(O)cccc1C(N)=O.CNC(=O)O. The molecular weight excluding hydrogens is 252 g/mol. The number of nitrogens with two attached hydrogens (primary N) is 1. The minimum Gasteiger partial charge on any atom is -0.504 e. The van der Waals surface area contributed by atoms with Gasteiger partial charge < -0.3 is 26.0 Å². The Hall–Kier alpha value is -2.44. The quantitative estimate of drug-likeness (QED) is 0.656. The summed E-state index contributed by atoms with van der Waals surface area (Å²) in [5.41, 5.74) is 5.32. The van der Waals surface area contributed by atoms with Gasteiger partial charge in [0.1, 0.15) is 0 Å². The molecule has 0 saturated heterocycles. The number of carbonyl (C=O) groups excluding carboxylic acids is 1. The van der Waals surface area contributed by atoms with Gasteiger partial charge in [-0.25, -0.2) is 4.79 Å². The van der Waals surface area contributed by atoms with Gasteiger partial charge in [0.25, 0.3) is 5.91 Å². The van der Waals surface area contributed by atoms with Crippen LogP contribution in [0.1, 0.15) is 24.2 Å². The van der Waals surface area contributed by atoms with Gasteiger partial charge in [0, 0.05) is 7.05 Å². The first-order chi connectivity index (χ1) is 8.79. The molecule has 7 heteroatoms. The number of amides is 2. The van der Waals surface area contributed by atoms with Gasteiger partial charge >= 0.3 is 6.09 Å². The molecule has 0 aliphatic heterocycles. The van der Waals surface area contributed by atoms with E-state index in [2.05, 4.69) is 0 Å². The largest absolute Gasteiger partial charge is 0.504 e. The maximum atomic E-state index is 11.0. The Morgan fingerprint density at radius 1 is 1.37 bits per heavy atom. The van der Waals surface area contributed by atoms with E-state index in [0.29, 0.717) is 0 Å². The Kier molecular flexibility index (Phi) is 6.80. The van der Waals surface area contributed by atoms with Crippen LogP contribution in [0.2, 0.25) is 0 Å². The summed E-state index contributed by atoms with van der Waals surface area (Å²) in [4.78, 5) is 20.2. The lowest BCUT2D eigenvalue weighted by Gasteiger charge is -2.13. The number of hydrogen-bond donors (Lipinski definition) is 4. The molecule has 0 aliphatic rings. The van der Waals surface area contributed by atoms with Crippen molar-refractivity contribution in [2.45, 2.75) is 20.0 Å². The van der Waals surface area contributed by atoms with Gasteiger partial charge in [-0.2, -0.15) is 0 Å². The second-order valence-corrected chi connectivity index (χ2v) is 3.74. The van der Waals surface area contributed by atoms with Crippen molar-refractivity contribution in [1.29, 1.82) is 0 Å². The summed E-state index contributed by atoms with van der Waals surface area (Å²) >= 11 is 0. The Bertz CT molecular complexity index is 446. The lowest BCUT2D eigenvalue weighted by atomic mass is 10.2. The van der Waals surface area contributed by atoms with Gasteiger partial charge in [-0.15, -0.1) is 0 Å². The minimum atomic E-state index is -0.995. The fraction of sp³-hybridized carbons (Fsp3) is 0.333. The zero-order valence-electron chi connectivity index (χ0n) is 11.0. The minimum absolute atomic E-state index is 0.0741. The van der Waals surface area contributed by atoms with Gasteiger partial charge in [0.2, 0.25) is 0 Å². The summed E-state index contributed by atoms with van der Waals surface area (Å²) in [6.07, 6.45) is -1.12. The molecule has 0 heterocycles. The lowest BCUT2D eigenvalue weighted by Crippen LogP contribution is -2.15. The number of hydrogen-bond acceptors (Lipinski definition) is 4. The molecule has 0 fully saturated rings. The smallest absolute Gasteiger partial charge is 0.404 e. The summed E-state index contributed by atoms with van der Waals surface area (Å²) in [5.74, 6) is -0.540. The number of phenolic OH excluding ortho intramolecular Hbond substituents is 1. The molecule has 0 saturated carbocycles. The van der Waals surface area contributed by atoms with Gasteiger partial charge in [-0.05, 0) is 26.0 Å². The third-order valence-electron chi connectivity index (χ3n) is 1.83. The van der Waals surface area contributed by atoms with Crippen LogP contribution < -0.4 is 15.8 Å². The molecule has 0 bridgehead atoms. The van der Waals surface area contributed by atoms with Crippen molar-refractivity contribution in [2.24, 2.45) is 5.73 Å². The lowest BCUT2D eigenvalue weighted by molar-refractivity contribution is 0.0993. The number of primary amides is 1. The van der Waals surface area contributed by atoms with Gasteiger partial charge in [0.05, 0.1) is 11.7 Å². The van der Waals surface area contributed by atoms with Gasteiger partial charge in [-0.3, -0.25) is 4.79 Å². The third-order valence-corrected chi connectivity index (χ3v) is 1.83. The number of ether oxygens (including phenoxy) is 1. The molecule has 106 valence electrons. The predicted octanol–water partition coefficient (Wildman–Crippen LogP) is 1.16. The summed E-state index contributed by atoms with van der Waals surface area (Å²) in [7, 11) is 1.35. The van der Waals surface area contributed by atoms with Crippen molar-refractivity contribution in [3.63, 3.8) is 0 Å². The zero-order valence-corrected chi connectivity index (χ0v) is 11.0. The number of phenols is 1. The van der Waals surface area contributed by atoms with E-state index in [1.165, 1.54) is 19.2 Å². The highest BCUT2D eigenvalue weighted by Crippen LogP contribution is 2.30. The predicted molar refractivity (Wildman–Crippen MR) is 69.5 cm³/mol. The van der Waals surface area contributed by atoms with E-state index in [1.807, 2.05) is 5.32 Å². The number of rotatable bonds is 3. The number of nitrogens with one attached hydrogen (secondary N) is 1. The fourth-order valence-corrected chi connectivity index (χ4v) is 1.08. The summed E-state index contributed by atoms with van der Waals surface area (Å²) in [6, 6.07) is 4.51. The van der Waals surface area contributed by atoms with Crippen molar-refractivity contribution in [2.75, 3.05) is 7.05 Å². The Balaban J connectivity index is 0.000000555. The first-order valence-electron chi connectivity index (χ1n) is 5.48. The Morgan fingerprint density at radius 3 is 2.26 bits per heavy atom. The number of carboxylic acid groups (broad SMARTS) is 1.